The van der Waals surface area contributed by atoms with E-state index in [1.54, 1.807) is 4.90 Å². The van der Waals surface area contributed by atoms with Gasteiger partial charge in [0.2, 0.25) is 0 Å². The second-order valence-electron chi connectivity index (χ2n) is 6.12. The summed E-state index contributed by atoms with van der Waals surface area (Å²) >= 11 is 5.91. The van der Waals surface area contributed by atoms with Gasteiger partial charge in [0, 0.05) is 19.1 Å². The highest BCUT2D eigenvalue weighted by Crippen LogP contribution is 2.35. The monoisotopic (exact) mass is 347 g/mol. The van der Waals surface area contributed by atoms with Crippen LogP contribution < -0.4 is 5.32 Å². The highest BCUT2D eigenvalue weighted by Gasteiger charge is 2.41. The van der Waals surface area contributed by atoms with E-state index in [9.17, 15) is 18.0 Å². The minimum atomic E-state index is -4.47. The van der Waals surface area contributed by atoms with E-state index >= 15 is 0 Å². The number of alkyl halides is 3. The maximum atomic E-state index is 12.8. The predicted molar refractivity (Wildman–Crippen MR) is 81.6 cm³/mol. The smallest absolute Gasteiger partial charge is 0.323 e. The Morgan fingerprint density at radius 1 is 1.35 bits per heavy atom. The van der Waals surface area contributed by atoms with Crippen LogP contribution in [0.2, 0.25) is 5.02 Å². The summed E-state index contributed by atoms with van der Waals surface area (Å²) in [6.07, 6.45) is -3.44. The summed E-state index contributed by atoms with van der Waals surface area (Å²) in [5, 5.41) is 2.59. The molecule has 2 aliphatic heterocycles. The molecule has 2 amide bonds. The normalized spacial score (nSPS) is 24.8. The number of nitrogens with one attached hydrogen (secondary N) is 1. The van der Waals surface area contributed by atoms with Crippen LogP contribution in [0.1, 0.15) is 12.0 Å². The van der Waals surface area contributed by atoms with Crippen LogP contribution in [0.15, 0.2) is 18.2 Å². The molecule has 1 N–H and O–H groups in total. The molecule has 1 aromatic rings. The highest BCUT2D eigenvalue weighted by molar-refractivity contribution is 6.33. The number of halogens is 4. The maximum Gasteiger partial charge on any atom is 0.416 e. The zero-order valence-electron chi connectivity index (χ0n) is 12.5. The first-order valence-corrected chi connectivity index (χ1v) is 7.76. The maximum absolute atomic E-state index is 12.8. The summed E-state index contributed by atoms with van der Waals surface area (Å²) in [6, 6.07) is 2.83. The molecule has 4 nitrogen and oxygen atoms in total. The van der Waals surface area contributed by atoms with Gasteiger partial charge >= 0.3 is 12.2 Å². The average molecular weight is 348 g/mol. The van der Waals surface area contributed by atoms with Crippen molar-refractivity contribution in [3.8, 4) is 0 Å². The van der Waals surface area contributed by atoms with Gasteiger partial charge in [-0.2, -0.15) is 13.2 Å². The first-order chi connectivity index (χ1) is 10.8. The largest absolute Gasteiger partial charge is 0.416 e. The van der Waals surface area contributed by atoms with Crippen LogP contribution in [0.5, 0.6) is 0 Å². The number of carbonyl (C=O) groups excluding carboxylic acids is 1. The van der Waals surface area contributed by atoms with E-state index in [1.807, 2.05) is 7.05 Å². The van der Waals surface area contributed by atoms with Crippen molar-refractivity contribution in [2.24, 2.45) is 5.92 Å². The van der Waals surface area contributed by atoms with Gasteiger partial charge in [-0.15, -0.1) is 0 Å². The van der Waals surface area contributed by atoms with E-state index in [-0.39, 0.29) is 10.7 Å². The molecule has 0 aromatic heterocycles. The van der Waals surface area contributed by atoms with Crippen molar-refractivity contribution in [3.63, 3.8) is 0 Å². The van der Waals surface area contributed by atoms with Crippen LogP contribution in [0.25, 0.3) is 0 Å². The van der Waals surface area contributed by atoms with Crippen LogP contribution in [0.4, 0.5) is 23.7 Å². The molecule has 1 aromatic carbocycles. The minimum absolute atomic E-state index is 0.0168. The number of benzene rings is 1. The van der Waals surface area contributed by atoms with Gasteiger partial charge < -0.3 is 15.1 Å². The number of nitrogens with zero attached hydrogens (tertiary/aromatic N) is 2. The number of urea groups is 1. The molecule has 23 heavy (non-hydrogen) atoms. The molecule has 126 valence electrons. The zero-order valence-corrected chi connectivity index (χ0v) is 13.3. The molecule has 0 bridgehead atoms. The molecule has 8 heteroatoms. The van der Waals surface area contributed by atoms with Crippen LogP contribution in [-0.2, 0) is 6.18 Å². The van der Waals surface area contributed by atoms with Crippen molar-refractivity contribution < 1.29 is 18.0 Å². The Kier molecular flexibility index (Phi) is 4.18. The second-order valence-corrected chi connectivity index (χ2v) is 6.53. The van der Waals surface area contributed by atoms with Gasteiger partial charge in [-0.25, -0.2) is 4.79 Å². The second kappa shape index (κ2) is 5.87. The molecule has 2 heterocycles. The fraction of sp³-hybridized carbons (Fsp3) is 0.533. The number of likely N-dealkylation sites (tertiary alicyclic amines) is 2. The number of likely N-dealkylation sites (N-methyl/N-ethyl adjacent to an activating group) is 1. The van der Waals surface area contributed by atoms with Crippen molar-refractivity contribution >= 4 is 23.3 Å². The van der Waals surface area contributed by atoms with E-state index in [2.05, 4.69) is 10.2 Å². The number of amides is 2. The third kappa shape index (κ3) is 3.26. The van der Waals surface area contributed by atoms with Crippen LogP contribution in [0.3, 0.4) is 0 Å². The molecular formula is C15H17ClF3N3O. The van der Waals surface area contributed by atoms with E-state index in [4.69, 9.17) is 11.6 Å². The van der Waals surface area contributed by atoms with E-state index in [0.29, 0.717) is 25.0 Å². The Morgan fingerprint density at radius 3 is 2.74 bits per heavy atom. The summed E-state index contributed by atoms with van der Waals surface area (Å²) in [6.45, 7) is 2.23. The number of anilines is 1. The molecule has 2 fully saturated rings. The van der Waals surface area contributed by atoms with Gasteiger partial charge in [0.25, 0.3) is 0 Å². The SMILES string of the molecule is CN1CC[C@@H]2CN(C(=O)Nc3cc(C(F)(F)F)ccc3Cl)C[C@@H]21. The summed E-state index contributed by atoms with van der Waals surface area (Å²) in [7, 11) is 2.02. The number of carbonyl (C=O) groups is 1. The summed E-state index contributed by atoms with van der Waals surface area (Å²) in [5.41, 5.74) is -0.855. The quantitative estimate of drug-likeness (QED) is 0.843. The van der Waals surface area contributed by atoms with E-state index < -0.39 is 17.8 Å². The lowest BCUT2D eigenvalue weighted by Crippen LogP contribution is -2.37. The Balaban J connectivity index is 1.71. The molecule has 0 spiro atoms. The Hall–Kier alpha value is -1.47. The summed E-state index contributed by atoms with van der Waals surface area (Å²) in [5.74, 6) is 0.433. The number of hydrogen-bond acceptors (Lipinski definition) is 2. The Labute approximate surface area is 137 Å². The van der Waals surface area contributed by atoms with Crippen molar-refractivity contribution in [1.29, 1.82) is 0 Å². The van der Waals surface area contributed by atoms with Crippen molar-refractivity contribution in [1.82, 2.24) is 9.80 Å². The fourth-order valence-corrected chi connectivity index (χ4v) is 3.49. The van der Waals surface area contributed by atoms with Gasteiger partial charge in [-0.1, -0.05) is 11.6 Å². The Morgan fingerprint density at radius 2 is 2.09 bits per heavy atom. The third-order valence-corrected chi connectivity index (χ3v) is 4.98. The highest BCUT2D eigenvalue weighted by atomic mass is 35.5. The lowest BCUT2D eigenvalue weighted by Gasteiger charge is -2.21. The van der Waals surface area contributed by atoms with Gasteiger partial charge in [0.15, 0.2) is 0 Å². The van der Waals surface area contributed by atoms with Gasteiger partial charge in [-0.05, 0) is 44.1 Å². The molecule has 0 saturated carbocycles. The molecule has 0 radical (unpaired) electrons. The molecule has 0 aliphatic carbocycles. The molecule has 2 saturated heterocycles. The Bertz CT molecular complexity index is 622. The van der Waals surface area contributed by atoms with Gasteiger partial charge in [-0.3, -0.25) is 0 Å². The van der Waals surface area contributed by atoms with E-state index in [0.717, 1.165) is 31.2 Å². The van der Waals surface area contributed by atoms with Crippen molar-refractivity contribution in [2.75, 3.05) is 32.0 Å². The minimum Gasteiger partial charge on any atom is -0.323 e. The number of rotatable bonds is 1. The first kappa shape index (κ1) is 16.4. The fourth-order valence-electron chi connectivity index (χ4n) is 3.33. The first-order valence-electron chi connectivity index (χ1n) is 7.38. The predicted octanol–water partition coefficient (Wildman–Crippen LogP) is 3.53. The molecular weight excluding hydrogens is 331 g/mol. The van der Waals surface area contributed by atoms with Crippen LogP contribution in [-0.4, -0.2) is 48.6 Å². The standard InChI is InChI=1S/C15H17ClF3N3O/c1-21-5-4-9-7-22(8-13(9)21)14(23)20-12-6-10(15(17,18)19)2-3-11(12)16/h2-3,6,9,13H,4-5,7-8H2,1H3,(H,20,23)/t9-,13+/m1/s1. The number of fused-ring (bicyclic) bond motifs is 1. The molecule has 2 atom stereocenters. The molecule has 3 rings (SSSR count). The summed E-state index contributed by atoms with van der Waals surface area (Å²) < 4.78 is 38.3. The third-order valence-electron chi connectivity index (χ3n) is 4.65. The van der Waals surface area contributed by atoms with E-state index in [1.165, 1.54) is 0 Å². The van der Waals surface area contributed by atoms with Crippen molar-refractivity contribution in [3.05, 3.63) is 28.8 Å². The lowest BCUT2D eigenvalue weighted by atomic mass is 10.1. The van der Waals surface area contributed by atoms with Crippen molar-refractivity contribution in [2.45, 2.75) is 18.6 Å². The van der Waals surface area contributed by atoms with Crippen LogP contribution in [0, 0.1) is 5.92 Å². The van der Waals surface area contributed by atoms with Crippen LogP contribution >= 0.6 is 11.6 Å². The van der Waals surface area contributed by atoms with Gasteiger partial charge in [0.05, 0.1) is 16.3 Å². The number of hydrogen-bond donors (Lipinski definition) is 1. The zero-order chi connectivity index (χ0) is 16.8. The average Bonchev–Trinajstić information content (AvgIpc) is 3.03. The molecule has 2 aliphatic rings. The molecule has 0 unspecified atom stereocenters. The van der Waals surface area contributed by atoms with Gasteiger partial charge in [0.1, 0.15) is 0 Å². The topological polar surface area (TPSA) is 35.6 Å². The summed E-state index contributed by atoms with van der Waals surface area (Å²) in [4.78, 5) is 16.2. The lowest BCUT2D eigenvalue weighted by molar-refractivity contribution is -0.137.